The summed E-state index contributed by atoms with van der Waals surface area (Å²) in [7, 11) is 0. The van der Waals surface area contributed by atoms with Crippen molar-refractivity contribution in [1.29, 1.82) is 0 Å². The summed E-state index contributed by atoms with van der Waals surface area (Å²) in [4.78, 5) is 0. The third-order valence-corrected chi connectivity index (χ3v) is 6.31. The normalized spacial score (nSPS) is 14.8. The van der Waals surface area contributed by atoms with E-state index in [1.165, 1.54) is 87.3 Å². The van der Waals surface area contributed by atoms with Crippen molar-refractivity contribution in [2.45, 2.75) is 84.0 Å². The van der Waals surface area contributed by atoms with Crippen LogP contribution in [0.3, 0.4) is 0 Å². The fourth-order valence-electron chi connectivity index (χ4n) is 4.34. The fraction of sp³-hybridized carbons (Fsp3) is 0.536. The zero-order chi connectivity index (χ0) is 20.2. The van der Waals surface area contributed by atoms with E-state index in [0.717, 1.165) is 24.7 Å². The highest BCUT2D eigenvalue weighted by molar-refractivity contribution is 5.64. The van der Waals surface area contributed by atoms with Crippen LogP contribution in [0.2, 0.25) is 0 Å². The first kappa shape index (κ1) is 21.9. The van der Waals surface area contributed by atoms with E-state index < -0.39 is 0 Å². The summed E-state index contributed by atoms with van der Waals surface area (Å²) in [5, 5.41) is 0. The molecular weight excluding hydrogens is 352 g/mol. The topological polar surface area (TPSA) is 9.23 Å². The van der Waals surface area contributed by atoms with Gasteiger partial charge in [0.15, 0.2) is 0 Å². The molecule has 2 aromatic rings. The van der Waals surface area contributed by atoms with Gasteiger partial charge in [-0.1, -0.05) is 88.3 Å². The first-order chi connectivity index (χ1) is 14.3. The van der Waals surface area contributed by atoms with E-state index in [2.05, 4.69) is 61.9 Å². The van der Waals surface area contributed by atoms with Gasteiger partial charge in [0.2, 0.25) is 0 Å². The van der Waals surface area contributed by atoms with Gasteiger partial charge in [-0.05, 0) is 73.3 Å². The Bertz CT molecular complexity index is 664. The largest absolute Gasteiger partial charge is 0.494 e. The lowest BCUT2D eigenvalue weighted by atomic mass is 9.85. The van der Waals surface area contributed by atoms with Gasteiger partial charge in [0, 0.05) is 0 Å². The van der Waals surface area contributed by atoms with Gasteiger partial charge in [0.25, 0.3) is 0 Å². The highest BCUT2D eigenvalue weighted by Crippen LogP contribution is 2.28. The molecule has 1 fully saturated rings. The Morgan fingerprint density at radius 1 is 0.759 bits per heavy atom. The highest BCUT2D eigenvalue weighted by atomic mass is 16.5. The summed E-state index contributed by atoms with van der Waals surface area (Å²) in [6, 6.07) is 17.8. The molecule has 1 saturated carbocycles. The first-order valence-corrected chi connectivity index (χ1v) is 12.0. The van der Waals surface area contributed by atoms with Crippen LogP contribution >= 0.6 is 0 Å². The van der Waals surface area contributed by atoms with Crippen molar-refractivity contribution in [3.8, 4) is 16.9 Å². The Hall–Kier alpha value is -1.76. The molecule has 0 bridgehead atoms. The molecule has 3 rings (SSSR count). The minimum atomic E-state index is 0.833. The van der Waals surface area contributed by atoms with Gasteiger partial charge in [-0.15, -0.1) is 0 Å². The second kappa shape index (κ2) is 12.7. The van der Waals surface area contributed by atoms with Crippen molar-refractivity contribution in [2.75, 3.05) is 6.61 Å². The van der Waals surface area contributed by atoms with Gasteiger partial charge >= 0.3 is 0 Å². The molecule has 1 aliphatic carbocycles. The third kappa shape index (κ3) is 7.88. The molecule has 0 saturated heterocycles. The van der Waals surface area contributed by atoms with E-state index in [9.17, 15) is 0 Å². The molecule has 0 amide bonds. The van der Waals surface area contributed by atoms with Crippen LogP contribution in [0.15, 0.2) is 48.5 Å². The molecule has 1 heteroatoms. The summed E-state index contributed by atoms with van der Waals surface area (Å²) in [6.45, 7) is 3.09. The summed E-state index contributed by atoms with van der Waals surface area (Å²) < 4.78 is 5.91. The lowest BCUT2D eigenvalue weighted by Gasteiger charge is -2.21. The molecule has 157 valence electrons. The van der Waals surface area contributed by atoms with Gasteiger partial charge < -0.3 is 4.74 Å². The summed E-state index contributed by atoms with van der Waals surface area (Å²) in [5.74, 6) is 1.92. The van der Waals surface area contributed by atoms with Crippen LogP contribution in [-0.4, -0.2) is 6.61 Å². The van der Waals surface area contributed by atoms with Crippen LogP contribution in [0.1, 0.15) is 83.1 Å². The summed E-state index contributed by atoms with van der Waals surface area (Å²) in [6.07, 6.45) is 18.3. The molecule has 0 aromatic heterocycles. The standard InChI is InChI=1S/C28H39O/c1-2-3-4-5-6-10-23-29-28-21-19-27(20-22-28)26-17-15-25(16-18-26)14-13-24-11-8-7-9-12-24/h7,15-22,24H,2-6,8-14,23H2,1H3. The number of aryl methyl sites for hydroxylation is 1. The van der Waals surface area contributed by atoms with Crippen molar-refractivity contribution in [3.05, 3.63) is 60.5 Å². The zero-order valence-corrected chi connectivity index (χ0v) is 18.4. The van der Waals surface area contributed by atoms with Gasteiger partial charge in [-0.25, -0.2) is 0 Å². The van der Waals surface area contributed by atoms with Crippen LogP contribution in [0, 0.1) is 12.3 Å². The van der Waals surface area contributed by atoms with Crippen LogP contribution in [0.4, 0.5) is 0 Å². The molecule has 1 aliphatic rings. The number of ether oxygens (including phenoxy) is 1. The van der Waals surface area contributed by atoms with E-state index in [-0.39, 0.29) is 0 Å². The van der Waals surface area contributed by atoms with E-state index >= 15 is 0 Å². The second-order valence-electron chi connectivity index (χ2n) is 8.69. The monoisotopic (exact) mass is 391 g/mol. The van der Waals surface area contributed by atoms with Crippen molar-refractivity contribution in [2.24, 2.45) is 5.92 Å². The average Bonchev–Trinajstić information content (AvgIpc) is 2.79. The van der Waals surface area contributed by atoms with Crippen molar-refractivity contribution >= 4 is 0 Å². The second-order valence-corrected chi connectivity index (χ2v) is 8.69. The lowest BCUT2D eigenvalue weighted by molar-refractivity contribution is 0.304. The third-order valence-electron chi connectivity index (χ3n) is 6.31. The van der Waals surface area contributed by atoms with Gasteiger partial charge in [0.05, 0.1) is 6.61 Å². The highest BCUT2D eigenvalue weighted by Gasteiger charge is 2.13. The summed E-state index contributed by atoms with van der Waals surface area (Å²) in [5.41, 5.74) is 4.04. The van der Waals surface area contributed by atoms with E-state index in [4.69, 9.17) is 4.74 Å². The van der Waals surface area contributed by atoms with Crippen LogP contribution < -0.4 is 4.74 Å². The summed E-state index contributed by atoms with van der Waals surface area (Å²) >= 11 is 0. The smallest absolute Gasteiger partial charge is 0.119 e. The van der Waals surface area contributed by atoms with Crippen LogP contribution in [0.5, 0.6) is 5.75 Å². The molecule has 2 aromatic carbocycles. The molecular formula is C28H39O. The van der Waals surface area contributed by atoms with Crippen LogP contribution in [0.25, 0.3) is 11.1 Å². The minimum absolute atomic E-state index is 0.833. The number of hydrogen-bond donors (Lipinski definition) is 0. The minimum Gasteiger partial charge on any atom is -0.494 e. The molecule has 1 nitrogen and oxygen atoms in total. The molecule has 0 N–H and O–H groups in total. The molecule has 0 spiro atoms. The maximum absolute atomic E-state index is 5.91. The first-order valence-electron chi connectivity index (χ1n) is 12.0. The van der Waals surface area contributed by atoms with E-state index in [1.54, 1.807) is 0 Å². The van der Waals surface area contributed by atoms with Crippen LogP contribution in [-0.2, 0) is 6.42 Å². The Kier molecular flexibility index (Phi) is 9.63. The maximum Gasteiger partial charge on any atom is 0.119 e. The number of hydrogen-bond acceptors (Lipinski definition) is 1. The SMILES string of the molecule is CCCCCCCCOc1ccc(-c2ccc(CCC3CC[CH]CC3)cc2)cc1. The van der Waals surface area contributed by atoms with Crippen molar-refractivity contribution in [3.63, 3.8) is 0 Å². The maximum atomic E-state index is 5.91. The Morgan fingerprint density at radius 2 is 1.38 bits per heavy atom. The number of rotatable bonds is 12. The average molecular weight is 392 g/mol. The van der Waals surface area contributed by atoms with Gasteiger partial charge in [0.1, 0.15) is 5.75 Å². The molecule has 1 radical (unpaired) electrons. The predicted octanol–water partition coefficient (Wildman–Crippen LogP) is 8.42. The number of benzene rings is 2. The van der Waals surface area contributed by atoms with Gasteiger partial charge in [-0.2, -0.15) is 0 Å². The van der Waals surface area contributed by atoms with Gasteiger partial charge in [-0.3, -0.25) is 0 Å². The van der Waals surface area contributed by atoms with Crippen molar-refractivity contribution in [1.82, 2.24) is 0 Å². The van der Waals surface area contributed by atoms with E-state index in [1.807, 2.05) is 0 Å². The molecule has 0 atom stereocenters. The predicted molar refractivity (Wildman–Crippen MR) is 125 cm³/mol. The number of unbranched alkanes of at least 4 members (excludes halogenated alkanes) is 5. The Labute approximate surface area is 178 Å². The van der Waals surface area contributed by atoms with Crippen molar-refractivity contribution < 1.29 is 4.74 Å². The van der Waals surface area contributed by atoms with E-state index in [0.29, 0.717) is 0 Å². The zero-order valence-electron chi connectivity index (χ0n) is 18.4. The Morgan fingerprint density at radius 3 is 2.07 bits per heavy atom. The fourth-order valence-corrected chi connectivity index (χ4v) is 4.34. The Balaban J connectivity index is 1.39. The lowest BCUT2D eigenvalue weighted by Crippen LogP contribution is -2.07. The molecule has 0 unspecified atom stereocenters. The quantitative estimate of drug-likeness (QED) is 0.330. The molecule has 0 aliphatic heterocycles. The molecule has 29 heavy (non-hydrogen) atoms. The molecule has 0 heterocycles.